The average Bonchev–Trinajstić information content (AvgIpc) is 2.01. The number of hydrogen-bond acceptors (Lipinski definition) is 2. The molecule has 0 heterocycles. The summed E-state index contributed by atoms with van der Waals surface area (Å²) in [6.07, 6.45) is 5.82. The molecule has 2 heteroatoms. The van der Waals surface area contributed by atoms with E-state index in [1.165, 1.54) is 0 Å². The Labute approximate surface area is 74.2 Å². The first-order valence-electron chi connectivity index (χ1n) is 3.82. The normalized spacial score (nSPS) is 12.1. The van der Waals surface area contributed by atoms with Gasteiger partial charge in [-0.3, -0.25) is 0 Å². The summed E-state index contributed by atoms with van der Waals surface area (Å²) in [6.45, 7) is 7.91. The Kier molecular flexibility index (Phi) is 6.11. The van der Waals surface area contributed by atoms with Gasteiger partial charge < -0.3 is 9.47 Å². The molecular formula is C10H16O2. The first-order chi connectivity index (χ1) is 5.70. The van der Waals surface area contributed by atoms with Crippen LogP contribution in [0.4, 0.5) is 0 Å². The van der Waals surface area contributed by atoms with Crippen LogP contribution in [-0.2, 0) is 9.47 Å². The monoisotopic (exact) mass is 168 g/mol. The maximum absolute atomic E-state index is 5.08. The van der Waals surface area contributed by atoms with Crippen molar-refractivity contribution in [3.05, 3.63) is 36.1 Å². The van der Waals surface area contributed by atoms with Crippen molar-refractivity contribution in [1.29, 1.82) is 0 Å². The Hall–Kier alpha value is -1.02. The molecule has 0 bridgehead atoms. The minimum absolute atomic E-state index is 0.248. The minimum Gasteiger partial charge on any atom is -0.468 e. The van der Waals surface area contributed by atoms with Gasteiger partial charge in [0.2, 0.25) is 0 Å². The van der Waals surface area contributed by atoms with Gasteiger partial charge >= 0.3 is 0 Å². The maximum Gasteiger partial charge on any atom is 0.188 e. The Morgan fingerprint density at radius 2 is 2.17 bits per heavy atom. The molecule has 0 aliphatic heterocycles. The smallest absolute Gasteiger partial charge is 0.188 e. The van der Waals surface area contributed by atoms with Crippen LogP contribution in [0.1, 0.15) is 13.8 Å². The van der Waals surface area contributed by atoms with Crippen molar-refractivity contribution in [3.8, 4) is 0 Å². The summed E-state index contributed by atoms with van der Waals surface area (Å²) in [7, 11) is 1.58. The zero-order valence-corrected chi connectivity index (χ0v) is 7.96. The number of methoxy groups -OCH3 is 1. The van der Waals surface area contributed by atoms with Crippen molar-refractivity contribution < 1.29 is 9.47 Å². The van der Waals surface area contributed by atoms with Gasteiger partial charge in [-0.15, -0.1) is 0 Å². The number of allylic oxidation sites excluding steroid dienone is 4. The molecule has 0 rings (SSSR count). The molecule has 0 saturated heterocycles. The number of rotatable bonds is 5. The number of hydrogen-bond donors (Lipinski definition) is 0. The average molecular weight is 168 g/mol. The highest BCUT2D eigenvalue weighted by Crippen LogP contribution is 2.02. The Morgan fingerprint density at radius 3 is 2.67 bits per heavy atom. The predicted octanol–water partition coefficient (Wildman–Crippen LogP) is 2.64. The van der Waals surface area contributed by atoms with Gasteiger partial charge in [0.1, 0.15) is 5.76 Å². The quantitative estimate of drug-likeness (QED) is 0.357. The molecule has 0 spiro atoms. The lowest BCUT2D eigenvalue weighted by molar-refractivity contribution is 0.0105. The molecule has 0 aromatic rings. The van der Waals surface area contributed by atoms with Crippen molar-refractivity contribution in [2.45, 2.75) is 13.8 Å². The van der Waals surface area contributed by atoms with E-state index < -0.39 is 0 Å². The summed E-state index contributed by atoms with van der Waals surface area (Å²) >= 11 is 0. The summed E-state index contributed by atoms with van der Waals surface area (Å²) in [6, 6.07) is 0. The molecule has 0 N–H and O–H groups in total. The highest BCUT2D eigenvalue weighted by atomic mass is 16.7. The van der Waals surface area contributed by atoms with Gasteiger partial charge in [0.25, 0.3) is 0 Å². The summed E-state index contributed by atoms with van der Waals surface area (Å²) in [5.41, 5.74) is 1.11. The predicted molar refractivity (Wildman–Crippen MR) is 50.7 cm³/mol. The fourth-order valence-electron chi connectivity index (χ4n) is 0.741. The Balaban J connectivity index is 3.88. The highest BCUT2D eigenvalue weighted by Gasteiger charge is 1.88. The van der Waals surface area contributed by atoms with E-state index in [1.807, 2.05) is 32.1 Å². The third kappa shape index (κ3) is 5.74. The van der Waals surface area contributed by atoms with E-state index in [-0.39, 0.29) is 6.79 Å². The molecule has 0 unspecified atom stereocenters. The fraction of sp³-hybridized carbons (Fsp3) is 0.400. The number of ether oxygens (including phenoxy) is 2. The van der Waals surface area contributed by atoms with E-state index >= 15 is 0 Å². The fourth-order valence-corrected chi connectivity index (χ4v) is 0.741. The van der Waals surface area contributed by atoms with Crippen molar-refractivity contribution in [2.75, 3.05) is 13.9 Å². The molecular weight excluding hydrogens is 152 g/mol. The van der Waals surface area contributed by atoms with Gasteiger partial charge in [0.15, 0.2) is 6.79 Å². The first kappa shape index (κ1) is 11.0. The molecule has 0 aromatic carbocycles. The van der Waals surface area contributed by atoms with Crippen LogP contribution in [0, 0.1) is 0 Å². The Morgan fingerprint density at radius 1 is 1.50 bits per heavy atom. The molecule has 0 amide bonds. The summed E-state index contributed by atoms with van der Waals surface area (Å²) < 4.78 is 9.80. The third-order valence-electron chi connectivity index (χ3n) is 1.18. The molecule has 68 valence electrons. The zero-order valence-electron chi connectivity index (χ0n) is 7.96. The lowest BCUT2D eigenvalue weighted by Crippen LogP contribution is -1.93. The van der Waals surface area contributed by atoms with E-state index in [0.29, 0.717) is 5.76 Å². The first-order valence-corrected chi connectivity index (χ1v) is 3.82. The summed E-state index contributed by atoms with van der Waals surface area (Å²) in [5, 5.41) is 0. The molecule has 0 aliphatic carbocycles. The second-order valence-corrected chi connectivity index (χ2v) is 2.41. The van der Waals surface area contributed by atoms with Gasteiger partial charge in [0.05, 0.1) is 0 Å². The van der Waals surface area contributed by atoms with Crippen LogP contribution in [0.15, 0.2) is 36.1 Å². The van der Waals surface area contributed by atoms with Crippen LogP contribution >= 0.6 is 0 Å². The lowest BCUT2D eigenvalue weighted by Gasteiger charge is -2.03. The van der Waals surface area contributed by atoms with E-state index in [4.69, 9.17) is 9.47 Å². The second kappa shape index (κ2) is 6.68. The van der Waals surface area contributed by atoms with Crippen LogP contribution in [-0.4, -0.2) is 13.9 Å². The molecule has 0 radical (unpaired) electrons. The van der Waals surface area contributed by atoms with Crippen LogP contribution in [0.25, 0.3) is 0 Å². The lowest BCUT2D eigenvalue weighted by atomic mass is 10.2. The molecule has 2 nitrogen and oxygen atoms in total. The van der Waals surface area contributed by atoms with E-state index in [1.54, 1.807) is 7.11 Å². The molecule has 0 saturated carbocycles. The zero-order chi connectivity index (χ0) is 9.40. The van der Waals surface area contributed by atoms with Crippen LogP contribution < -0.4 is 0 Å². The minimum atomic E-state index is 0.248. The molecule has 0 aromatic heterocycles. The molecule has 0 fully saturated rings. The second-order valence-electron chi connectivity index (χ2n) is 2.41. The third-order valence-corrected chi connectivity index (χ3v) is 1.18. The van der Waals surface area contributed by atoms with Crippen LogP contribution in [0.2, 0.25) is 0 Å². The molecule has 0 aliphatic rings. The maximum atomic E-state index is 5.08. The van der Waals surface area contributed by atoms with Gasteiger partial charge in [-0.1, -0.05) is 18.7 Å². The SMILES string of the molecule is C=C(/C=C(C)\C=C/C)OCOC. The Bertz CT molecular complexity index is 190. The van der Waals surface area contributed by atoms with E-state index in [0.717, 1.165) is 5.57 Å². The van der Waals surface area contributed by atoms with Crippen molar-refractivity contribution >= 4 is 0 Å². The van der Waals surface area contributed by atoms with Gasteiger partial charge in [-0.25, -0.2) is 0 Å². The van der Waals surface area contributed by atoms with Crippen molar-refractivity contribution in [2.24, 2.45) is 0 Å². The van der Waals surface area contributed by atoms with Gasteiger partial charge in [-0.05, 0) is 25.5 Å². The molecule has 12 heavy (non-hydrogen) atoms. The van der Waals surface area contributed by atoms with Gasteiger partial charge in [-0.2, -0.15) is 0 Å². The van der Waals surface area contributed by atoms with Gasteiger partial charge in [0, 0.05) is 7.11 Å². The largest absolute Gasteiger partial charge is 0.468 e. The van der Waals surface area contributed by atoms with E-state index in [2.05, 4.69) is 6.58 Å². The van der Waals surface area contributed by atoms with Crippen molar-refractivity contribution in [3.63, 3.8) is 0 Å². The van der Waals surface area contributed by atoms with Crippen molar-refractivity contribution in [1.82, 2.24) is 0 Å². The van der Waals surface area contributed by atoms with E-state index in [9.17, 15) is 0 Å². The summed E-state index contributed by atoms with van der Waals surface area (Å²) in [4.78, 5) is 0. The van der Waals surface area contributed by atoms with Crippen LogP contribution in [0.5, 0.6) is 0 Å². The highest BCUT2D eigenvalue weighted by molar-refractivity contribution is 5.23. The standard InChI is InChI=1S/C10H16O2/c1-5-6-9(2)7-10(3)12-8-11-4/h5-7H,3,8H2,1-2,4H3/b6-5-,9-7-. The molecule has 0 atom stereocenters. The summed E-state index contributed by atoms with van der Waals surface area (Å²) in [5.74, 6) is 0.618. The topological polar surface area (TPSA) is 18.5 Å². The van der Waals surface area contributed by atoms with Crippen LogP contribution in [0.3, 0.4) is 0 Å².